The maximum atomic E-state index is 12.3. The Labute approximate surface area is 189 Å². The molecule has 9 heteroatoms. The van der Waals surface area contributed by atoms with E-state index in [1.54, 1.807) is 6.92 Å². The van der Waals surface area contributed by atoms with Gasteiger partial charge in [0.05, 0.1) is 35.4 Å². The number of nitrogens with zero attached hydrogens (tertiary/aromatic N) is 3. The number of aryl methyl sites for hydroxylation is 1. The third-order valence-electron chi connectivity index (χ3n) is 5.33. The van der Waals surface area contributed by atoms with Gasteiger partial charge in [-0.3, -0.25) is 4.79 Å². The van der Waals surface area contributed by atoms with E-state index in [-0.39, 0.29) is 53.1 Å². The number of hydrogen-bond donors (Lipinski definition) is 1. The fourth-order valence-corrected chi connectivity index (χ4v) is 5.33. The van der Waals surface area contributed by atoms with Crippen molar-refractivity contribution in [1.82, 2.24) is 14.3 Å². The number of β-lactam (4-membered cyclic amide) rings is 1. The van der Waals surface area contributed by atoms with Crippen LogP contribution in [0.25, 0.3) is 5.65 Å². The molecule has 0 saturated carbocycles. The van der Waals surface area contributed by atoms with Crippen molar-refractivity contribution >= 4 is 29.3 Å². The third-order valence-corrected chi connectivity index (χ3v) is 6.62. The first-order valence-corrected chi connectivity index (χ1v) is 9.90. The molecule has 7 nitrogen and oxygen atoms in total. The zero-order valence-corrected chi connectivity index (χ0v) is 18.8. The molecule has 0 bridgehead atoms. The molecule has 0 unspecified atom stereocenters. The Morgan fingerprint density at radius 3 is 2.82 bits per heavy atom. The topological polar surface area (TPSA) is 98.0 Å². The molecule has 1 N–H and O–H groups in total. The second kappa shape index (κ2) is 8.20. The Kier molecular flexibility index (Phi) is 6.26. The van der Waals surface area contributed by atoms with E-state index in [1.807, 2.05) is 41.9 Å². The number of imidazole rings is 1. The van der Waals surface area contributed by atoms with Crippen molar-refractivity contribution in [2.24, 2.45) is 11.8 Å². The van der Waals surface area contributed by atoms with E-state index >= 15 is 0 Å². The summed E-state index contributed by atoms with van der Waals surface area (Å²) in [4.78, 5) is 30.5. The van der Waals surface area contributed by atoms with Gasteiger partial charge in [-0.15, -0.1) is 11.8 Å². The number of pyridine rings is 1. The third kappa shape index (κ3) is 3.41. The van der Waals surface area contributed by atoms with Crippen molar-refractivity contribution in [3.05, 3.63) is 46.9 Å². The standard InChI is InChI=1S/C19H21N3O4S.Na/c1-10-15-14(11(2)23)18(24)22(15)16(19(25)26)17(10)27-8-6-12-9-21-7-4-3-5-13(21)20-12;/h3-5,7,9-11,14-15,23H,6,8H2,1-2H3,(H,25,26);/q;+1/p-1/t10-,11-,14-,15-;/m1./s1. The minimum atomic E-state index is -1.34. The molecule has 142 valence electrons. The van der Waals surface area contributed by atoms with Crippen LogP contribution in [0.4, 0.5) is 0 Å². The number of carboxylic acids is 1. The van der Waals surface area contributed by atoms with Crippen LogP contribution in [0.5, 0.6) is 0 Å². The summed E-state index contributed by atoms with van der Waals surface area (Å²) in [5.74, 6) is -1.71. The van der Waals surface area contributed by atoms with Gasteiger partial charge >= 0.3 is 29.6 Å². The number of carbonyl (C=O) groups excluding carboxylic acids is 2. The molecule has 2 aromatic rings. The van der Waals surface area contributed by atoms with Gasteiger partial charge in [-0.05, 0) is 19.1 Å². The van der Waals surface area contributed by atoms with E-state index in [0.29, 0.717) is 17.1 Å². The maximum absolute atomic E-state index is 12.3. The second-order valence-electron chi connectivity index (χ2n) is 7.05. The summed E-state index contributed by atoms with van der Waals surface area (Å²) in [6.07, 6.45) is 3.77. The summed E-state index contributed by atoms with van der Waals surface area (Å²) in [6, 6.07) is 5.49. The van der Waals surface area contributed by atoms with Crippen LogP contribution < -0.4 is 34.7 Å². The molecular weight excluding hydrogens is 389 g/mol. The van der Waals surface area contributed by atoms with E-state index < -0.39 is 18.0 Å². The summed E-state index contributed by atoms with van der Waals surface area (Å²) in [7, 11) is 0. The number of rotatable bonds is 6. The summed E-state index contributed by atoms with van der Waals surface area (Å²) < 4.78 is 1.95. The van der Waals surface area contributed by atoms with Crippen LogP contribution in [-0.4, -0.2) is 49.2 Å². The molecule has 0 aromatic carbocycles. The smallest absolute Gasteiger partial charge is 0.543 e. The quantitative estimate of drug-likeness (QED) is 0.416. The Hall–Kier alpha value is -1.32. The monoisotopic (exact) mass is 409 g/mol. The van der Waals surface area contributed by atoms with Crippen molar-refractivity contribution in [3.8, 4) is 0 Å². The Morgan fingerprint density at radius 2 is 2.18 bits per heavy atom. The van der Waals surface area contributed by atoms with Crippen LogP contribution in [0.15, 0.2) is 41.2 Å². The van der Waals surface area contributed by atoms with Crippen molar-refractivity contribution in [3.63, 3.8) is 0 Å². The van der Waals surface area contributed by atoms with Gasteiger partial charge in [0.15, 0.2) is 0 Å². The number of hydrogen-bond acceptors (Lipinski definition) is 6. The fourth-order valence-electron chi connectivity index (χ4n) is 4.08. The molecule has 4 heterocycles. The van der Waals surface area contributed by atoms with Crippen LogP contribution in [0.3, 0.4) is 0 Å². The van der Waals surface area contributed by atoms with Crippen LogP contribution >= 0.6 is 11.8 Å². The number of carbonyl (C=O) groups is 2. The Morgan fingerprint density at radius 1 is 1.43 bits per heavy atom. The van der Waals surface area contributed by atoms with Crippen molar-refractivity contribution in [2.45, 2.75) is 32.4 Å². The van der Waals surface area contributed by atoms with Gasteiger partial charge in [-0.25, -0.2) is 4.98 Å². The van der Waals surface area contributed by atoms with E-state index in [4.69, 9.17) is 0 Å². The zero-order valence-electron chi connectivity index (χ0n) is 16.0. The maximum Gasteiger partial charge on any atom is 1.00 e. The van der Waals surface area contributed by atoms with Crippen LogP contribution in [0, 0.1) is 11.8 Å². The molecule has 2 aliphatic heterocycles. The van der Waals surface area contributed by atoms with Crippen LogP contribution in [0.1, 0.15) is 19.5 Å². The van der Waals surface area contributed by atoms with Crippen molar-refractivity contribution in [2.75, 3.05) is 5.75 Å². The predicted octanol–water partition coefficient (Wildman–Crippen LogP) is -2.57. The number of amides is 1. The van der Waals surface area contributed by atoms with Crippen molar-refractivity contribution in [1.29, 1.82) is 0 Å². The number of aliphatic hydroxyl groups is 1. The van der Waals surface area contributed by atoms with Gasteiger partial charge in [-0.1, -0.05) is 13.0 Å². The molecular formula is C19H20N3NaO4S. The second-order valence-corrected chi connectivity index (χ2v) is 8.19. The molecule has 2 aliphatic rings. The number of fused-ring (bicyclic) bond motifs is 2. The largest absolute Gasteiger partial charge is 1.00 e. The zero-order chi connectivity index (χ0) is 19.3. The number of carboxylic acid groups (broad SMARTS) is 1. The molecule has 0 aliphatic carbocycles. The average Bonchev–Trinajstić information content (AvgIpc) is 3.12. The molecule has 4 atom stereocenters. The van der Waals surface area contributed by atoms with E-state index in [2.05, 4.69) is 4.98 Å². The van der Waals surface area contributed by atoms with Gasteiger partial charge < -0.3 is 24.3 Å². The van der Waals surface area contributed by atoms with Gasteiger partial charge in [0.25, 0.3) is 0 Å². The van der Waals surface area contributed by atoms with Gasteiger partial charge in [-0.2, -0.15) is 0 Å². The molecule has 28 heavy (non-hydrogen) atoms. The molecule has 1 saturated heterocycles. The summed E-state index contributed by atoms with van der Waals surface area (Å²) in [5.41, 5.74) is 1.77. The number of thioether (sulfide) groups is 1. The molecule has 4 rings (SSSR count). The minimum Gasteiger partial charge on any atom is -0.543 e. The summed E-state index contributed by atoms with van der Waals surface area (Å²) in [6.45, 7) is 3.47. The van der Waals surface area contributed by atoms with E-state index in [0.717, 1.165) is 11.3 Å². The van der Waals surface area contributed by atoms with Gasteiger partial charge in [0, 0.05) is 35.4 Å². The molecule has 1 amide bonds. The summed E-state index contributed by atoms with van der Waals surface area (Å²) >= 11 is 1.43. The van der Waals surface area contributed by atoms with Crippen molar-refractivity contribution < 1.29 is 49.4 Å². The SMILES string of the molecule is C[C@@H](O)[C@H]1C(=O)N2C(C(=O)[O-])=C(SCCc3cn4ccccc4n3)[C@H](C)[C@H]12.[Na+]. The molecule has 0 radical (unpaired) electrons. The van der Waals surface area contributed by atoms with Gasteiger partial charge in [0.1, 0.15) is 5.65 Å². The number of aliphatic hydroxyl groups excluding tert-OH is 1. The Balaban J connectivity index is 0.00000225. The van der Waals surface area contributed by atoms with Crippen LogP contribution in [0.2, 0.25) is 0 Å². The van der Waals surface area contributed by atoms with Gasteiger partial charge in [0.2, 0.25) is 5.91 Å². The van der Waals surface area contributed by atoms with E-state index in [9.17, 15) is 19.8 Å². The minimum absolute atomic E-state index is 0. The Bertz CT molecular complexity index is 925. The van der Waals surface area contributed by atoms with Crippen LogP contribution in [-0.2, 0) is 16.0 Å². The van der Waals surface area contributed by atoms with E-state index in [1.165, 1.54) is 16.7 Å². The average molecular weight is 409 g/mol. The first-order valence-electron chi connectivity index (χ1n) is 8.92. The predicted molar refractivity (Wildman–Crippen MR) is 98.4 cm³/mol. The fraction of sp³-hybridized carbons (Fsp3) is 0.421. The molecule has 2 aromatic heterocycles. The first-order chi connectivity index (χ1) is 12.9. The normalized spacial score (nSPS) is 24.8. The number of aromatic nitrogens is 2. The number of aliphatic carboxylic acids is 1. The molecule has 0 spiro atoms. The summed E-state index contributed by atoms with van der Waals surface area (Å²) in [5, 5.41) is 21.5. The first kappa shape index (κ1) is 21.4. The molecule has 1 fully saturated rings.